The van der Waals surface area contributed by atoms with Crippen LogP contribution in [0.1, 0.15) is 11.1 Å². The van der Waals surface area contributed by atoms with Gasteiger partial charge in [-0.25, -0.2) is 9.59 Å². The third kappa shape index (κ3) is 6.86. The number of nitrogens with two attached hydrogens (primary N) is 1. The molecule has 0 aliphatic rings. The molecule has 27 heavy (non-hydrogen) atoms. The van der Waals surface area contributed by atoms with Gasteiger partial charge in [-0.3, -0.25) is 4.79 Å². The van der Waals surface area contributed by atoms with Crippen LogP contribution in [-0.4, -0.2) is 35.6 Å². The largest absolute Gasteiger partial charge is 0.480 e. The minimum absolute atomic E-state index is 0.0325. The van der Waals surface area contributed by atoms with Crippen molar-refractivity contribution in [1.29, 1.82) is 0 Å². The lowest BCUT2D eigenvalue weighted by Crippen LogP contribution is -2.33. The van der Waals surface area contributed by atoms with Gasteiger partial charge >= 0.3 is 18.1 Å². The summed E-state index contributed by atoms with van der Waals surface area (Å²) in [7, 11) is 0. The number of urea groups is 1. The maximum Gasteiger partial charge on any atom is 0.435 e. The zero-order valence-corrected chi connectivity index (χ0v) is 14.2. The Morgan fingerprint density at radius 2 is 1.70 bits per heavy atom. The molecule has 0 atom stereocenters. The van der Waals surface area contributed by atoms with Crippen LogP contribution in [-0.2, 0) is 16.1 Å². The van der Waals surface area contributed by atoms with E-state index in [2.05, 4.69) is 15.6 Å². The number of carbonyl (C=O) groups excluding carboxylic acids is 2. The average Bonchev–Trinajstić information content (AvgIpc) is 2.66. The molecule has 2 aromatic carbocycles. The smallest absolute Gasteiger partial charge is 0.435 e. The Bertz CT molecular complexity index is 835. The summed E-state index contributed by atoms with van der Waals surface area (Å²) < 4.78 is 5.02. The molecule has 9 heteroatoms. The number of rotatable bonds is 6. The summed E-state index contributed by atoms with van der Waals surface area (Å²) in [6, 6.07) is 14.7. The predicted octanol–water partition coefficient (Wildman–Crippen LogP) is 1.93. The number of hydrogen-bond acceptors (Lipinski definition) is 4. The lowest BCUT2D eigenvalue weighted by molar-refractivity contribution is -0.135. The first-order valence-corrected chi connectivity index (χ1v) is 7.86. The maximum absolute atomic E-state index is 11.7. The van der Waals surface area contributed by atoms with Gasteiger partial charge in [0.2, 0.25) is 0 Å². The van der Waals surface area contributed by atoms with Crippen LogP contribution in [0.25, 0.3) is 0 Å². The highest BCUT2D eigenvalue weighted by molar-refractivity contribution is 6.03. The topological polar surface area (TPSA) is 143 Å². The number of carboxylic acids is 1. The molecule has 0 bridgehead atoms. The number of hydrogen-bond donors (Lipinski definition) is 4. The number of nitrogens with one attached hydrogen (secondary N) is 2. The molecule has 0 heterocycles. The molecule has 0 saturated heterocycles. The van der Waals surface area contributed by atoms with Gasteiger partial charge < -0.3 is 26.2 Å². The number of nitrogens with zero attached hydrogens (tertiary/aromatic N) is 1. The van der Waals surface area contributed by atoms with Crippen LogP contribution in [0.15, 0.2) is 59.6 Å². The summed E-state index contributed by atoms with van der Waals surface area (Å²) in [5.74, 6) is -1.18. The average molecular weight is 370 g/mol. The van der Waals surface area contributed by atoms with Crippen LogP contribution in [0, 0.1) is 0 Å². The quantitative estimate of drug-likeness (QED) is 0.452. The van der Waals surface area contributed by atoms with Gasteiger partial charge in [0.1, 0.15) is 19.0 Å². The third-order valence-electron chi connectivity index (χ3n) is 3.26. The van der Waals surface area contributed by atoms with E-state index in [1.807, 2.05) is 30.3 Å². The van der Waals surface area contributed by atoms with Gasteiger partial charge in [-0.1, -0.05) is 30.3 Å². The highest BCUT2D eigenvalue weighted by atomic mass is 16.5. The molecule has 0 saturated carbocycles. The Morgan fingerprint density at radius 1 is 1.04 bits per heavy atom. The van der Waals surface area contributed by atoms with Crippen molar-refractivity contribution in [2.45, 2.75) is 6.61 Å². The van der Waals surface area contributed by atoms with Crippen molar-refractivity contribution < 1.29 is 24.2 Å². The molecule has 2 rings (SSSR count). The number of carboxylic acid groups (broad SMARTS) is 1. The number of amides is 3. The summed E-state index contributed by atoms with van der Waals surface area (Å²) in [5, 5.41) is 13.1. The molecule has 0 aromatic heterocycles. The number of amidine groups is 1. The molecule has 2 aromatic rings. The predicted molar refractivity (Wildman–Crippen MR) is 98.5 cm³/mol. The molecule has 0 spiro atoms. The number of aliphatic carboxylic acids is 1. The van der Waals surface area contributed by atoms with Crippen molar-refractivity contribution >= 4 is 29.6 Å². The van der Waals surface area contributed by atoms with Crippen molar-refractivity contribution in [1.82, 2.24) is 5.32 Å². The molecule has 0 aliphatic carbocycles. The van der Waals surface area contributed by atoms with Crippen LogP contribution in [0.3, 0.4) is 0 Å². The lowest BCUT2D eigenvalue weighted by atomic mass is 10.2. The van der Waals surface area contributed by atoms with Gasteiger partial charge in [0, 0.05) is 11.3 Å². The monoisotopic (exact) mass is 370 g/mol. The van der Waals surface area contributed by atoms with Crippen molar-refractivity contribution in [2.75, 3.05) is 11.9 Å². The minimum Gasteiger partial charge on any atom is -0.480 e. The van der Waals surface area contributed by atoms with Crippen LogP contribution in [0.2, 0.25) is 0 Å². The number of carbonyl (C=O) groups is 3. The fourth-order valence-corrected chi connectivity index (χ4v) is 1.97. The van der Waals surface area contributed by atoms with Crippen LogP contribution < -0.4 is 16.4 Å². The number of aliphatic imine (C=N–C) groups is 1. The number of anilines is 1. The third-order valence-corrected chi connectivity index (χ3v) is 3.26. The van der Waals surface area contributed by atoms with Gasteiger partial charge in [-0.15, -0.1) is 0 Å². The first-order chi connectivity index (χ1) is 12.9. The Kier molecular flexibility index (Phi) is 6.89. The highest BCUT2D eigenvalue weighted by Crippen LogP contribution is 2.10. The lowest BCUT2D eigenvalue weighted by Gasteiger charge is -2.07. The molecule has 5 N–H and O–H groups in total. The van der Waals surface area contributed by atoms with Crippen LogP contribution in [0.4, 0.5) is 15.3 Å². The first-order valence-electron chi connectivity index (χ1n) is 7.86. The molecule has 0 radical (unpaired) electrons. The molecule has 0 aliphatic heterocycles. The van der Waals surface area contributed by atoms with Crippen LogP contribution >= 0.6 is 0 Å². The standard InChI is InChI=1S/C18H18N4O5/c19-16(22-18(26)27-11-12-4-2-1-3-5-12)13-6-8-14(9-7-13)21-17(25)20-10-15(23)24/h1-9H,10-11H2,(H,23,24)(H2,19,22,26)(H2,20,21,25). The molecule has 140 valence electrons. The van der Waals surface area contributed by atoms with Gasteiger partial charge in [-0.05, 0) is 29.8 Å². The van der Waals surface area contributed by atoms with Gasteiger partial charge in [0.05, 0.1) is 0 Å². The van der Waals surface area contributed by atoms with Gasteiger partial charge in [-0.2, -0.15) is 4.99 Å². The summed E-state index contributed by atoms with van der Waals surface area (Å²) in [6.07, 6.45) is -0.813. The fourth-order valence-electron chi connectivity index (χ4n) is 1.97. The second-order valence-electron chi connectivity index (χ2n) is 5.32. The van der Waals surface area contributed by atoms with E-state index >= 15 is 0 Å². The first kappa shape index (κ1) is 19.4. The Morgan fingerprint density at radius 3 is 2.33 bits per heavy atom. The molecular formula is C18H18N4O5. The van der Waals surface area contributed by atoms with E-state index in [9.17, 15) is 14.4 Å². The Hall–Kier alpha value is -3.88. The van der Waals surface area contributed by atoms with Crippen molar-refractivity contribution in [3.63, 3.8) is 0 Å². The normalized spacial score (nSPS) is 10.7. The Balaban J connectivity index is 1.89. The molecule has 0 unspecified atom stereocenters. The maximum atomic E-state index is 11.7. The number of benzene rings is 2. The van der Waals surface area contributed by atoms with Crippen molar-refractivity contribution in [2.24, 2.45) is 10.7 Å². The zero-order chi connectivity index (χ0) is 19.6. The second kappa shape index (κ2) is 9.56. The van der Waals surface area contributed by atoms with E-state index in [0.29, 0.717) is 11.3 Å². The van der Waals surface area contributed by atoms with Gasteiger partial charge in [0.25, 0.3) is 0 Å². The number of ether oxygens (including phenoxy) is 1. The molecular weight excluding hydrogens is 352 g/mol. The molecule has 3 amide bonds. The highest BCUT2D eigenvalue weighted by Gasteiger charge is 2.07. The van der Waals surface area contributed by atoms with E-state index in [0.717, 1.165) is 5.56 Å². The van der Waals surface area contributed by atoms with E-state index in [1.165, 1.54) is 12.1 Å². The van der Waals surface area contributed by atoms with Crippen molar-refractivity contribution in [3.8, 4) is 0 Å². The van der Waals surface area contributed by atoms with Gasteiger partial charge in [0.15, 0.2) is 0 Å². The van der Waals surface area contributed by atoms with Crippen LogP contribution in [0.5, 0.6) is 0 Å². The SMILES string of the molecule is NC(=NC(=O)OCc1ccccc1)c1ccc(NC(=O)NCC(=O)O)cc1. The van der Waals surface area contributed by atoms with Crippen molar-refractivity contribution in [3.05, 3.63) is 65.7 Å². The second-order valence-corrected chi connectivity index (χ2v) is 5.32. The van der Waals surface area contributed by atoms with E-state index < -0.39 is 24.6 Å². The molecule has 0 fully saturated rings. The molecule has 9 nitrogen and oxygen atoms in total. The minimum atomic E-state index is -1.15. The van der Waals surface area contributed by atoms with E-state index in [-0.39, 0.29) is 12.4 Å². The fraction of sp³-hybridized carbons (Fsp3) is 0.111. The zero-order valence-electron chi connectivity index (χ0n) is 14.2. The van der Waals surface area contributed by atoms with E-state index in [1.54, 1.807) is 12.1 Å². The Labute approximate surface area is 154 Å². The summed E-state index contributed by atoms with van der Waals surface area (Å²) in [6.45, 7) is -0.403. The van der Waals surface area contributed by atoms with E-state index in [4.69, 9.17) is 15.6 Å². The summed E-state index contributed by atoms with van der Waals surface area (Å²) in [5.41, 5.74) is 7.49. The summed E-state index contributed by atoms with van der Waals surface area (Å²) in [4.78, 5) is 37.3. The summed E-state index contributed by atoms with van der Waals surface area (Å²) >= 11 is 0.